The summed E-state index contributed by atoms with van der Waals surface area (Å²) in [5.41, 5.74) is 0.661. The topological polar surface area (TPSA) is 49.3 Å². The first-order valence-corrected chi connectivity index (χ1v) is 5.56. The molecule has 3 nitrogen and oxygen atoms in total. The first kappa shape index (κ1) is 15.2. The summed E-state index contributed by atoms with van der Waals surface area (Å²) in [7, 11) is 0. The van der Waals surface area contributed by atoms with Gasteiger partial charge in [-0.2, -0.15) is 13.2 Å². The van der Waals surface area contributed by atoms with Gasteiger partial charge in [-0.3, -0.25) is 0 Å². The van der Waals surface area contributed by atoms with Crippen LogP contribution >= 0.6 is 0 Å². The normalized spacial score (nSPS) is 12.5. The SMILES string of the molecule is C/C(=C/C(=O)O)CNCc1ccc(C(F)(F)F)cc1. The zero-order valence-electron chi connectivity index (χ0n) is 10.3. The van der Waals surface area contributed by atoms with Crippen LogP contribution in [-0.2, 0) is 17.5 Å². The molecule has 1 aromatic carbocycles. The molecule has 0 radical (unpaired) electrons. The van der Waals surface area contributed by atoms with Crippen LogP contribution in [0.3, 0.4) is 0 Å². The van der Waals surface area contributed by atoms with Gasteiger partial charge in [-0.15, -0.1) is 0 Å². The van der Waals surface area contributed by atoms with Crippen LogP contribution < -0.4 is 5.32 Å². The number of carboxylic acid groups (broad SMARTS) is 1. The number of hydrogen-bond acceptors (Lipinski definition) is 2. The van der Waals surface area contributed by atoms with Gasteiger partial charge in [-0.25, -0.2) is 4.79 Å². The Balaban J connectivity index is 2.49. The largest absolute Gasteiger partial charge is 0.478 e. The Bertz CT molecular complexity index is 464. The summed E-state index contributed by atoms with van der Waals surface area (Å²) in [6.45, 7) is 2.41. The molecule has 0 amide bonds. The molecule has 1 rings (SSSR count). The lowest BCUT2D eigenvalue weighted by molar-refractivity contribution is -0.137. The third kappa shape index (κ3) is 5.56. The minimum absolute atomic E-state index is 0.368. The first-order valence-electron chi connectivity index (χ1n) is 5.56. The molecule has 0 fully saturated rings. The van der Waals surface area contributed by atoms with Crippen molar-refractivity contribution >= 4 is 5.97 Å². The molecule has 0 bridgehead atoms. The summed E-state index contributed by atoms with van der Waals surface area (Å²) >= 11 is 0. The molecule has 1 aromatic rings. The predicted octanol–water partition coefficient (Wildman–Crippen LogP) is 2.83. The third-order valence-electron chi connectivity index (χ3n) is 2.38. The summed E-state index contributed by atoms with van der Waals surface area (Å²) < 4.78 is 37.0. The zero-order valence-corrected chi connectivity index (χ0v) is 10.3. The number of rotatable bonds is 5. The monoisotopic (exact) mass is 273 g/mol. The van der Waals surface area contributed by atoms with Crippen LogP contribution in [-0.4, -0.2) is 17.6 Å². The van der Waals surface area contributed by atoms with E-state index in [1.807, 2.05) is 0 Å². The Kier molecular flexibility index (Phi) is 5.11. The highest BCUT2D eigenvalue weighted by molar-refractivity contribution is 5.80. The summed E-state index contributed by atoms with van der Waals surface area (Å²) in [6, 6.07) is 4.84. The maximum absolute atomic E-state index is 12.3. The van der Waals surface area contributed by atoms with E-state index in [0.717, 1.165) is 18.2 Å². The second-order valence-electron chi connectivity index (χ2n) is 4.13. The van der Waals surface area contributed by atoms with Crippen molar-refractivity contribution in [3.63, 3.8) is 0 Å². The van der Waals surface area contributed by atoms with E-state index in [2.05, 4.69) is 5.32 Å². The molecule has 0 saturated carbocycles. The fourth-order valence-corrected chi connectivity index (χ4v) is 1.48. The molecule has 0 saturated heterocycles. The number of benzene rings is 1. The molecule has 0 aliphatic heterocycles. The number of aliphatic carboxylic acids is 1. The molecular weight excluding hydrogens is 259 g/mol. The van der Waals surface area contributed by atoms with Gasteiger partial charge in [-0.1, -0.05) is 17.7 Å². The molecule has 0 aliphatic carbocycles. The van der Waals surface area contributed by atoms with E-state index in [1.165, 1.54) is 12.1 Å². The molecule has 0 spiro atoms. The molecule has 104 valence electrons. The fourth-order valence-electron chi connectivity index (χ4n) is 1.48. The Hall–Kier alpha value is -1.82. The Labute approximate surface area is 108 Å². The minimum atomic E-state index is -4.33. The quantitative estimate of drug-likeness (QED) is 0.811. The van der Waals surface area contributed by atoms with E-state index >= 15 is 0 Å². The van der Waals surface area contributed by atoms with Crippen molar-refractivity contribution in [2.24, 2.45) is 0 Å². The highest BCUT2D eigenvalue weighted by atomic mass is 19.4. The van der Waals surface area contributed by atoms with Gasteiger partial charge in [0.1, 0.15) is 0 Å². The Morgan fingerprint density at radius 2 is 1.89 bits per heavy atom. The number of carbonyl (C=O) groups is 1. The van der Waals surface area contributed by atoms with Crippen molar-refractivity contribution in [3.05, 3.63) is 47.0 Å². The van der Waals surface area contributed by atoms with E-state index in [4.69, 9.17) is 5.11 Å². The van der Waals surface area contributed by atoms with E-state index in [9.17, 15) is 18.0 Å². The number of carboxylic acids is 1. The van der Waals surface area contributed by atoms with Crippen molar-refractivity contribution in [2.45, 2.75) is 19.6 Å². The maximum atomic E-state index is 12.3. The second-order valence-corrected chi connectivity index (χ2v) is 4.13. The number of halogens is 3. The third-order valence-corrected chi connectivity index (χ3v) is 2.38. The van der Waals surface area contributed by atoms with Gasteiger partial charge >= 0.3 is 12.1 Å². The van der Waals surface area contributed by atoms with Crippen LogP contribution in [0.2, 0.25) is 0 Å². The predicted molar refractivity (Wildman–Crippen MR) is 64.5 cm³/mol. The Morgan fingerprint density at radius 3 is 2.37 bits per heavy atom. The van der Waals surface area contributed by atoms with Crippen molar-refractivity contribution in [2.75, 3.05) is 6.54 Å². The highest BCUT2D eigenvalue weighted by Crippen LogP contribution is 2.28. The van der Waals surface area contributed by atoms with E-state index in [-0.39, 0.29) is 0 Å². The standard InChI is InChI=1S/C13H14F3NO2/c1-9(6-12(18)19)7-17-8-10-2-4-11(5-3-10)13(14,15)16/h2-6,17H,7-8H2,1H3,(H,18,19)/b9-6-. The van der Waals surface area contributed by atoms with Gasteiger partial charge in [0.05, 0.1) is 5.56 Å². The zero-order chi connectivity index (χ0) is 14.5. The highest BCUT2D eigenvalue weighted by Gasteiger charge is 2.29. The van der Waals surface area contributed by atoms with Gasteiger partial charge in [0.25, 0.3) is 0 Å². The van der Waals surface area contributed by atoms with Crippen LogP contribution in [0, 0.1) is 0 Å². The van der Waals surface area contributed by atoms with Crippen LogP contribution in [0.15, 0.2) is 35.9 Å². The van der Waals surface area contributed by atoms with E-state index in [1.54, 1.807) is 6.92 Å². The molecule has 0 unspecified atom stereocenters. The number of hydrogen-bond donors (Lipinski definition) is 2. The van der Waals surface area contributed by atoms with Crippen molar-refractivity contribution in [1.82, 2.24) is 5.32 Å². The van der Waals surface area contributed by atoms with E-state index < -0.39 is 17.7 Å². The van der Waals surface area contributed by atoms with Crippen molar-refractivity contribution in [3.8, 4) is 0 Å². The van der Waals surface area contributed by atoms with Gasteiger partial charge in [-0.05, 0) is 24.6 Å². The summed E-state index contributed by atoms with van der Waals surface area (Å²) in [4.78, 5) is 10.4. The number of alkyl halides is 3. The second kappa shape index (κ2) is 6.38. The van der Waals surface area contributed by atoms with Crippen LogP contribution in [0.5, 0.6) is 0 Å². The van der Waals surface area contributed by atoms with Gasteiger partial charge in [0, 0.05) is 19.2 Å². The van der Waals surface area contributed by atoms with E-state index in [0.29, 0.717) is 24.2 Å². The average Bonchev–Trinajstić information content (AvgIpc) is 2.27. The molecule has 0 heterocycles. The van der Waals surface area contributed by atoms with Crippen LogP contribution in [0.1, 0.15) is 18.1 Å². The summed E-state index contributed by atoms with van der Waals surface area (Å²) in [6.07, 6.45) is -3.24. The summed E-state index contributed by atoms with van der Waals surface area (Å²) in [5, 5.41) is 11.4. The smallest absolute Gasteiger partial charge is 0.416 e. The molecule has 0 aliphatic rings. The summed E-state index contributed by atoms with van der Waals surface area (Å²) in [5.74, 6) is -1.02. The minimum Gasteiger partial charge on any atom is -0.478 e. The molecule has 2 N–H and O–H groups in total. The molecular formula is C13H14F3NO2. The van der Waals surface area contributed by atoms with Crippen LogP contribution in [0.25, 0.3) is 0 Å². The number of nitrogens with one attached hydrogen (secondary N) is 1. The lowest BCUT2D eigenvalue weighted by Gasteiger charge is -2.08. The average molecular weight is 273 g/mol. The van der Waals surface area contributed by atoms with Gasteiger partial charge < -0.3 is 10.4 Å². The molecule has 0 atom stereocenters. The first-order chi connectivity index (χ1) is 8.79. The lowest BCUT2D eigenvalue weighted by atomic mass is 10.1. The van der Waals surface area contributed by atoms with Crippen molar-refractivity contribution < 1.29 is 23.1 Å². The lowest BCUT2D eigenvalue weighted by Crippen LogP contribution is -2.16. The van der Waals surface area contributed by atoms with Crippen LogP contribution in [0.4, 0.5) is 13.2 Å². The molecule has 6 heteroatoms. The maximum Gasteiger partial charge on any atom is 0.416 e. The van der Waals surface area contributed by atoms with Gasteiger partial charge in [0.2, 0.25) is 0 Å². The van der Waals surface area contributed by atoms with Gasteiger partial charge in [0.15, 0.2) is 0 Å². The van der Waals surface area contributed by atoms with Crippen molar-refractivity contribution in [1.29, 1.82) is 0 Å². The molecule has 19 heavy (non-hydrogen) atoms. The molecule has 0 aromatic heterocycles. The Morgan fingerprint density at radius 1 is 1.32 bits per heavy atom. The fraction of sp³-hybridized carbons (Fsp3) is 0.308.